The van der Waals surface area contributed by atoms with Gasteiger partial charge in [0.05, 0.1) is 5.56 Å². The highest BCUT2D eigenvalue weighted by molar-refractivity contribution is 6.22. The van der Waals surface area contributed by atoms with Gasteiger partial charge >= 0.3 is 6.18 Å². The van der Waals surface area contributed by atoms with Crippen LogP contribution in [0.2, 0.25) is 0 Å². The third-order valence-electron chi connectivity index (χ3n) is 5.55. The number of hydrogen-bond donors (Lipinski definition) is 0. The molecule has 0 bridgehead atoms. The predicted octanol–water partition coefficient (Wildman–Crippen LogP) is 7.97. The van der Waals surface area contributed by atoms with Crippen LogP contribution >= 0.6 is 0 Å². The van der Waals surface area contributed by atoms with Gasteiger partial charge in [-0.25, -0.2) is 0 Å². The maximum atomic E-state index is 13.1. The molecule has 0 unspecified atom stereocenters. The summed E-state index contributed by atoms with van der Waals surface area (Å²) in [6.07, 6.45) is -4.41. The molecule has 0 radical (unpaired) electrons. The number of benzene rings is 4. The molecule has 0 amide bonds. The molecule has 6 aromatic rings. The van der Waals surface area contributed by atoms with E-state index in [1.54, 1.807) is 0 Å². The van der Waals surface area contributed by atoms with Crippen molar-refractivity contribution in [1.82, 2.24) is 0 Å². The van der Waals surface area contributed by atoms with Crippen molar-refractivity contribution < 1.29 is 22.0 Å². The quantitative estimate of drug-likeness (QED) is 0.263. The summed E-state index contributed by atoms with van der Waals surface area (Å²) in [6, 6.07) is 17.5. The van der Waals surface area contributed by atoms with Crippen molar-refractivity contribution in [3.8, 4) is 0 Å². The molecule has 2 heterocycles. The van der Waals surface area contributed by atoms with Gasteiger partial charge in [-0.2, -0.15) is 13.2 Å². The lowest BCUT2D eigenvalue weighted by molar-refractivity contribution is -0.137. The van der Waals surface area contributed by atoms with E-state index in [1.807, 2.05) is 49.4 Å². The SMILES string of the molecule is Cc1ccc2c(c1)oc1c2ccc2c1ccc1c3ccc(C(F)(F)F)cc3oc12. The van der Waals surface area contributed by atoms with Crippen molar-refractivity contribution in [2.24, 2.45) is 0 Å². The first-order valence-electron chi connectivity index (χ1n) is 9.18. The van der Waals surface area contributed by atoms with E-state index in [0.29, 0.717) is 11.0 Å². The molecule has 142 valence electrons. The fraction of sp³-hybridized carbons (Fsp3) is 0.0833. The van der Waals surface area contributed by atoms with E-state index in [1.165, 1.54) is 6.07 Å². The van der Waals surface area contributed by atoms with E-state index in [-0.39, 0.29) is 5.58 Å². The van der Waals surface area contributed by atoms with Crippen LogP contribution in [-0.4, -0.2) is 0 Å². The number of halogens is 3. The number of fused-ring (bicyclic) bond motifs is 9. The van der Waals surface area contributed by atoms with Gasteiger partial charge in [0.15, 0.2) is 0 Å². The third-order valence-corrected chi connectivity index (χ3v) is 5.55. The highest BCUT2D eigenvalue weighted by Gasteiger charge is 2.31. The minimum Gasteiger partial charge on any atom is -0.455 e. The van der Waals surface area contributed by atoms with Crippen LogP contribution < -0.4 is 0 Å². The van der Waals surface area contributed by atoms with Crippen molar-refractivity contribution in [2.45, 2.75) is 13.1 Å². The van der Waals surface area contributed by atoms with Gasteiger partial charge in [0, 0.05) is 32.3 Å². The van der Waals surface area contributed by atoms with Crippen molar-refractivity contribution in [3.05, 3.63) is 71.8 Å². The highest BCUT2D eigenvalue weighted by Crippen LogP contribution is 2.41. The van der Waals surface area contributed by atoms with E-state index in [9.17, 15) is 13.2 Å². The standard InChI is InChI=1S/C24H13F3O2/c1-12-2-4-14-16-6-8-19-18(22(16)28-20(14)10-12)9-7-17-15-5-3-13(24(25,26)27)11-21(15)29-23(17)19/h2-11H,1H3. The first-order valence-corrected chi connectivity index (χ1v) is 9.18. The zero-order chi connectivity index (χ0) is 19.9. The van der Waals surface area contributed by atoms with Crippen LogP contribution in [0.15, 0.2) is 69.5 Å². The second-order valence-corrected chi connectivity index (χ2v) is 7.39. The lowest BCUT2D eigenvalue weighted by atomic mass is 10.0. The van der Waals surface area contributed by atoms with Gasteiger partial charge in [-0.05, 0) is 61.0 Å². The molecule has 0 N–H and O–H groups in total. The van der Waals surface area contributed by atoms with E-state index in [2.05, 4.69) is 0 Å². The van der Waals surface area contributed by atoms with Gasteiger partial charge in [-0.15, -0.1) is 0 Å². The van der Waals surface area contributed by atoms with Gasteiger partial charge in [0.2, 0.25) is 0 Å². The first-order chi connectivity index (χ1) is 13.9. The average Bonchev–Trinajstić information content (AvgIpc) is 3.24. The van der Waals surface area contributed by atoms with Crippen LogP contribution in [0.3, 0.4) is 0 Å². The fourth-order valence-corrected chi connectivity index (χ4v) is 4.16. The lowest BCUT2D eigenvalue weighted by Gasteiger charge is -2.05. The molecule has 6 rings (SSSR count). The van der Waals surface area contributed by atoms with Crippen molar-refractivity contribution in [2.75, 3.05) is 0 Å². The molecule has 0 aliphatic carbocycles. The monoisotopic (exact) mass is 390 g/mol. The maximum Gasteiger partial charge on any atom is 0.416 e. The van der Waals surface area contributed by atoms with Crippen LogP contribution in [0, 0.1) is 6.92 Å². The Balaban J connectivity index is 1.71. The summed E-state index contributed by atoms with van der Waals surface area (Å²) in [5.41, 5.74) is 2.75. The predicted molar refractivity (Wildman–Crippen MR) is 108 cm³/mol. The zero-order valence-corrected chi connectivity index (χ0v) is 15.2. The van der Waals surface area contributed by atoms with Crippen molar-refractivity contribution in [1.29, 1.82) is 0 Å². The third kappa shape index (κ3) is 2.24. The van der Waals surface area contributed by atoms with E-state index < -0.39 is 11.7 Å². The van der Waals surface area contributed by atoms with Gasteiger partial charge in [-0.1, -0.05) is 12.1 Å². The number of hydrogen-bond acceptors (Lipinski definition) is 2. The second kappa shape index (κ2) is 5.32. The number of aryl methyl sites for hydroxylation is 1. The Hall–Kier alpha value is -3.47. The Kier molecular flexibility index (Phi) is 3.02. The molecule has 29 heavy (non-hydrogen) atoms. The Morgan fingerprint density at radius 2 is 1.03 bits per heavy atom. The van der Waals surface area contributed by atoms with E-state index >= 15 is 0 Å². The average molecular weight is 390 g/mol. The van der Waals surface area contributed by atoms with E-state index in [0.717, 1.165) is 55.8 Å². The summed E-state index contributed by atoms with van der Waals surface area (Å²) in [7, 11) is 0. The van der Waals surface area contributed by atoms with Crippen LogP contribution in [0.4, 0.5) is 13.2 Å². The smallest absolute Gasteiger partial charge is 0.416 e. The van der Waals surface area contributed by atoms with Crippen LogP contribution in [0.25, 0.3) is 54.6 Å². The summed E-state index contributed by atoms with van der Waals surface area (Å²) < 4.78 is 51.3. The van der Waals surface area contributed by atoms with Gasteiger partial charge in [0.1, 0.15) is 22.3 Å². The molecule has 5 heteroatoms. The maximum absolute atomic E-state index is 13.1. The lowest BCUT2D eigenvalue weighted by Crippen LogP contribution is -2.03. The summed E-state index contributed by atoms with van der Waals surface area (Å²) in [5, 5.41) is 5.17. The molecule has 2 nitrogen and oxygen atoms in total. The van der Waals surface area contributed by atoms with Gasteiger partial charge in [-0.3, -0.25) is 0 Å². The van der Waals surface area contributed by atoms with Gasteiger partial charge in [0.25, 0.3) is 0 Å². The first kappa shape index (κ1) is 16.5. The molecule has 0 aliphatic rings. The minimum atomic E-state index is -4.41. The highest BCUT2D eigenvalue weighted by atomic mass is 19.4. The molecular formula is C24H13F3O2. The Bertz CT molecular complexity index is 1600. The topological polar surface area (TPSA) is 26.3 Å². The van der Waals surface area contributed by atoms with Crippen LogP contribution in [0.5, 0.6) is 0 Å². The fourth-order valence-electron chi connectivity index (χ4n) is 4.16. The zero-order valence-electron chi connectivity index (χ0n) is 15.2. The summed E-state index contributed by atoms with van der Waals surface area (Å²) in [6.45, 7) is 2.01. The normalized spacial score (nSPS) is 12.8. The summed E-state index contributed by atoms with van der Waals surface area (Å²) in [4.78, 5) is 0. The molecule has 0 aliphatic heterocycles. The molecular weight excluding hydrogens is 377 g/mol. The Morgan fingerprint density at radius 3 is 1.59 bits per heavy atom. The molecule has 2 aromatic heterocycles. The van der Waals surface area contributed by atoms with Gasteiger partial charge < -0.3 is 8.83 Å². The molecule has 0 saturated heterocycles. The Morgan fingerprint density at radius 1 is 0.586 bits per heavy atom. The molecule has 4 aromatic carbocycles. The minimum absolute atomic E-state index is 0.225. The van der Waals surface area contributed by atoms with Crippen LogP contribution in [0.1, 0.15) is 11.1 Å². The largest absolute Gasteiger partial charge is 0.455 e. The second-order valence-electron chi connectivity index (χ2n) is 7.39. The number of furan rings is 2. The number of rotatable bonds is 0. The Labute approximate surface area is 162 Å². The van der Waals surface area contributed by atoms with Crippen molar-refractivity contribution >= 4 is 54.6 Å². The van der Waals surface area contributed by atoms with E-state index in [4.69, 9.17) is 8.83 Å². The van der Waals surface area contributed by atoms with Crippen LogP contribution in [-0.2, 0) is 6.18 Å². The molecule has 0 atom stereocenters. The molecule has 0 fully saturated rings. The summed E-state index contributed by atoms with van der Waals surface area (Å²) in [5.74, 6) is 0. The number of alkyl halides is 3. The molecule has 0 spiro atoms. The summed E-state index contributed by atoms with van der Waals surface area (Å²) >= 11 is 0. The molecule has 0 saturated carbocycles. The van der Waals surface area contributed by atoms with Crippen molar-refractivity contribution in [3.63, 3.8) is 0 Å².